The van der Waals surface area contributed by atoms with E-state index in [4.69, 9.17) is 4.74 Å². The zero-order valence-corrected chi connectivity index (χ0v) is 11.6. The molecule has 2 rings (SSSR count). The Morgan fingerprint density at radius 1 is 1.42 bits per heavy atom. The lowest BCUT2D eigenvalue weighted by Gasteiger charge is -2.06. The Hall–Kier alpha value is -2.17. The number of carbonyl (C=O) groups is 1. The first-order valence-electron chi connectivity index (χ1n) is 6.18. The minimum absolute atomic E-state index is 0.343. The number of aryl methyl sites for hydroxylation is 2. The third-order valence-corrected chi connectivity index (χ3v) is 3.05. The normalized spacial score (nSPS) is 10.5. The summed E-state index contributed by atoms with van der Waals surface area (Å²) in [5.41, 5.74) is 4.15. The van der Waals surface area contributed by atoms with Crippen molar-refractivity contribution in [2.45, 2.75) is 20.8 Å². The predicted molar refractivity (Wildman–Crippen MR) is 71.9 cm³/mol. The second-order valence-electron chi connectivity index (χ2n) is 4.36. The zero-order valence-electron chi connectivity index (χ0n) is 11.6. The van der Waals surface area contributed by atoms with Crippen molar-refractivity contribution in [3.05, 3.63) is 35.3 Å². The van der Waals surface area contributed by atoms with Gasteiger partial charge in [0.1, 0.15) is 0 Å². The van der Waals surface area contributed by atoms with Gasteiger partial charge < -0.3 is 4.74 Å². The number of nitrogens with zero attached hydrogens (tertiary/aromatic N) is 3. The third-order valence-electron chi connectivity index (χ3n) is 3.05. The second-order valence-corrected chi connectivity index (χ2v) is 4.36. The van der Waals surface area contributed by atoms with Crippen LogP contribution in [0.25, 0.3) is 11.3 Å². The molecule has 5 nitrogen and oxygen atoms in total. The molecular weight excluding hydrogens is 242 g/mol. The number of ether oxygens (including phenoxy) is 1. The highest BCUT2D eigenvalue weighted by Crippen LogP contribution is 2.27. The van der Waals surface area contributed by atoms with Gasteiger partial charge in [0.2, 0.25) is 0 Å². The van der Waals surface area contributed by atoms with E-state index in [0.29, 0.717) is 12.3 Å². The SMILES string of the molecule is CCOC(=O)c1nn(C)c(-c2cnccc2C)c1C. The van der Waals surface area contributed by atoms with Crippen LogP contribution in [0.1, 0.15) is 28.5 Å². The molecule has 5 heteroatoms. The molecule has 2 heterocycles. The Bertz CT molecular complexity index is 617. The van der Waals surface area contributed by atoms with Crippen LogP contribution in [0, 0.1) is 13.8 Å². The number of esters is 1. The lowest BCUT2D eigenvalue weighted by atomic mass is 10.0. The standard InChI is InChI=1S/C14H17N3O2/c1-5-19-14(18)12-10(3)13(17(4)16-12)11-8-15-7-6-9(11)2/h6-8H,5H2,1-4H3. The van der Waals surface area contributed by atoms with E-state index < -0.39 is 0 Å². The van der Waals surface area contributed by atoms with Crippen molar-refractivity contribution in [3.63, 3.8) is 0 Å². The molecule has 0 aliphatic rings. The molecule has 0 N–H and O–H groups in total. The Balaban J connectivity index is 2.54. The summed E-state index contributed by atoms with van der Waals surface area (Å²) in [5.74, 6) is -0.386. The molecule has 0 saturated carbocycles. The van der Waals surface area contributed by atoms with Gasteiger partial charge in [0.05, 0.1) is 12.3 Å². The summed E-state index contributed by atoms with van der Waals surface area (Å²) in [6.45, 7) is 6.01. The molecule has 0 spiro atoms. The number of hydrogen-bond donors (Lipinski definition) is 0. The van der Waals surface area contributed by atoms with E-state index in [2.05, 4.69) is 10.1 Å². The van der Waals surface area contributed by atoms with Crippen LogP contribution in [0.2, 0.25) is 0 Å². The van der Waals surface area contributed by atoms with Crippen molar-refractivity contribution < 1.29 is 9.53 Å². The average Bonchev–Trinajstić information content (AvgIpc) is 2.66. The molecule has 0 fully saturated rings. The highest BCUT2D eigenvalue weighted by molar-refractivity contribution is 5.91. The van der Waals surface area contributed by atoms with Crippen molar-refractivity contribution in [3.8, 4) is 11.3 Å². The van der Waals surface area contributed by atoms with Crippen LogP contribution in [0.3, 0.4) is 0 Å². The van der Waals surface area contributed by atoms with Crippen LogP contribution < -0.4 is 0 Å². The summed E-state index contributed by atoms with van der Waals surface area (Å²) < 4.78 is 6.71. The quantitative estimate of drug-likeness (QED) is 0.793. The Morgan fingerprint density at radius 2 is 2.16 bits per heavy atom. The molecule has 100 valence electrons. The van der Waals surface area contributed by atoms with Crippen LogP contribution in [0.5, 0.6) is 0 Å². The molecule has 2 aromatic heterocycles. The molecule has 0 saturated heterocycles. The molecule has 2 aromatic rings. The van der Waals surface area contributed by atoms with Gasteiger partial charge in [0.15, 0.2) is 5.69 Å². The summed E-state index contributed by atoms with van der Waals surface area (Å²) in [7, 11) is 1.82. The highest BCUT2D eigenvalue weighted by atomic mass is 16.5. The maximum atomic E-state index is 11.8. The van der Waals surface area contributed by atoms with Gasteiger partial charge in [-0.15, -0.1) is 0 Å². The maximum absolute atomic E-state index is 11.8. The van der Waals surface area contributed by atoms with Crippen molar-refractivity contribution in [2.24, 2.45) is 7.05 Å². The molecule has 0 aliphatic heterocycles. The molecule has 0 unspecified atom stereocenters. The van der Waals surface area contributed by atoms with E-state index >= 15 is 0 Å². The fourth-order valence-corrected chi connectivity index (χ4v) is 2.11. The topological polar surface area (TPSA) is 57.0 Å². The second kappa shape index (κ2) is 5.22. The van der Waals surface area contributed by atoms with E-state index in [9.17, 15) is 4.79 Å². The summed E-state index contributed by atoms with van der Waals surface area (Å²) in [6, 6.07) is 1.94. The van der Waals surface area contributed by atoms with Crippen LogP contribution >= 0.6 is 0 Å². The summed E-state index contributed by atoms with van der Waals surface area (Å²) in [5, 5.41) is 4.26. The molecule has 0 atom stereocenters. The van der Waals surface area contributed by atoms with Gasteiger partial charge >= 0.3 is 5.97 Å². The third kappa shape index (κ3) is 2.36. The first-order chi connectivity index (χ1) is 9.06. The van der Waals surface area contributed by atoms with E-state index in [0.717, 1.165) is 22.4 Å². The van der Waals surface area contributed by atoms with Crippen molar-refractivity contribution in [1.82, 2.24) is 14.8 Å². The molecule has 0 aliphatic carbocycles. The minimum Gasteiger partial charge on any atom is -0.461 e. The zero-order chi connectivity index (χ0) is 14.0. The molecule has 0 amide bonds. The van der Waals surface area contributed by atoms with Gasteiger partial charge in [-0.2, -0.15) is 5.10 Å². The lowest BCUT2D eigenvalue weighted by molar-refractivity contribution is 0.0518. The van der Waals surface area contributed by atoms with Crippen molar-refractivity contribution in [2.75, 3.05) is 6.61 Å². The van der Waals surface area contributed by atoms with Gasteiger partial charge in [0.25, 0.3) is 0 Å². The van der Waals surface area contributed by atoms with E-state index in [-0.39, 0.29) is 5.97 Å². The van der Waals surface area contributed by atoms with Gasteiger partial charge in [0, 0.05) is 30.6 Å². The van der Waals surface area contributed by atoms with Crippen LogP contribution in [-0.4, -0.2) is 27.3 Å². The summed E-state index contributed by atoms with van der Waals surface area (Å²) in [4.78, 5) is 16.0. The molecule has 0 aromatic carbocycles. The molecule has 19 heavy (non-hydrogen) atoms. The van der Waals surface area contributed by atoms with Crippen LogP contribution in [0.4, 0.5) is 0 Å². The fraction of sp³-hybridized carbons (Fsp3) is 0.357. The first kappa shape index (κ1) is 13.3. The maximum Gasteiger partial charge on any atom is 0.359 e. The number of hydrogen-bond acceptors (Lipinski definition) is 4. The van der Waals surface area contributed by atoms with Crippen molar-refractivity contribution in [1.29, 1.82) is 0 Å². The number of aromatic nitrogens is 3. The van der Waals surface area contributed by atoms with Crippen molar-refractivity contribution >= 4 is 5.97 Å². The molecule has 0 bridgehead atoms. The van der Waals surface area contributed by atoms with E-state index in [1.165, 1.54) is 0 Å². The number of rotatable bonds is 3. The Morgan fingerprint density at radius 3 is 2.79 bits per heavy atom. The predicted octanol–water partition coefficient (Wildman–Crippen LogP) is 2.28. The minimum atomic E-state index is -0.386. The fourth-order valence-electron chi connectivity index (χ4n) is 2.11. The van der Waals surface area contributed by atoms with Gasteiger partial charge in [-0.3, -0.25) is 9.67 Å². The summed E-state index contributed by atoms with van der Waals surface area (Å²) >= 11 is 0. The number of carbonyl (C=O) groups excluding carboxylic acids is 1. The highest BCUT2D eigenvalue weighted by Gasteiger charge is 2.21. The smallest absolute Gasteiger partial charge is 0.359 e. The van der Waals surface area contributed by atoms with Gasteiger partial charge in [-0.1, -0.05) is 0 Å². The van der Waals surface area contributed by atoms with E-state index in [1.54, 1.807) is 24.0 Å². The van der Waals surface area contributed by atoms with Gasteiger partial charge in [-0.25, -0.2) is 4.79 Å². The lowest BCUT2D eigenvalue weighted by Crippen LogP contribution is -2.07. The molecule has 0 radical (unpaired) electrons. The summed E-state index contributed by atoms with van der Waals surface area (Å²) in [6.07, 6.45) is 3.53. The first-order valence-corrected chi connectivity index (χ1v) is 6.18. The number of pyridine rings is 1. The average molecular weight is 259 g/mol. The largest absolute Gasteiger partial charge is 0.461 e. The molecular formula is C14H17N3O2. The van der Waals surface area contributed by atoms with Gasteiger partial charge in [-0.05, 0) is 32.4 Å². The monoisotopic (exact) mass is 259 g/mol. The van der Waals surface area contributed by atoms with Crippen LogP contribution in [-0.2, 0) is 11.8 Å². The van der Waals surface area contributed by atoms with E-state index in [1.807, 2.05) is 27.0 Å². The Labute approximate surface area is 112 Å². The Kier molecular flexibility index (Phi) is 3.64. The van der Waals surface area contributed by atoms with Crippen LogP contribution in [0.15, 0.2) is 18.5 Å².